The highest BCUT2D eigenvalue weighted by Gasteiger charge is 2.15. The lowest BCUT2D eigenvalue weighted by molar-refractivity contribution is -0.117. The molecule has 4 rings (SSSR count). The largest absolute Gasteiger partial charge is 0.325 e. The fourth-order valence-electron chi connectivity index (χ4n) is 3.18. The van der Waals surface area contributed by atoms with Gasteiger partial charge in [0, 0.05) is 11.7 Å². The topological polar surface area (TPSA) is 112 Å². The van der Waals surface area contributed by atoms with E-state index in [1.54, 1.807) is 29.2 Å². The molecule has 0 aliphatic heterocycles. The molecule has 0 saturated carbocycles. The van der Waals surface area contributed by atoms with Crippen LogP contribution < -0.4 is 11.0 Å². The molecule has 29 heavy (non-hydrogen) atoms. The maximum Gasteiger partial charge on any atom is 0.323 e. The number of hydrogen-bond donors (Lipinski definition) is 3. The van der Waals surface area contributed by atoms with Crippen LogP contribution in [-0.2, 0) is 4.79 Å². The van der Waals surface area contributed by atoms with Crippen molar-refractivity contribution in [1.29, 1.82) is 0 Å². The summed E-state index contributed by atoms with van der Waals surface area (Å²) in [6, 6.07) is 13.3. The van der Waals surface area contributed by atoms with Crippen molar-refractivity contribution in [3.8, 4) is 5.69 Å². The molecule has 9 heteroatoms. The molecular formula is C20H21N7O2. The summed E-state index contributed by atoms with van der Waals surface area (Å²) in [5.74, 6) is -0.129. The molecule has 0 bridgehead atoms. The van der Waals surface area contributed by atoms with E-state index in [4.69, 9.17) is 0 Å². The molecule has 0 radical (unpaired) electrons. The van der Waals surface area contributed by atoms with Gasteiger partial charge in [-0.3, -0.25) is 9.69 Å². The number of carbonyl (C=O) groups excluding carboxylic acids is 1. The van der Waals surface area contributed by atoms with Crippen LogP contribution in [0.5, 0.6) is 0 Å². The van der Waals surface area contributed by atoms with Crippen LogP contribution in [0.1, 0.15) is 18.5 Å². The lowest BCUT2D eigenvalue weighted by Crippen LogP contribution is -2.32. The molecule has 0 spiro atoms. The number of hydrogen-bond acceptors (Lipinski definition) is 5. The minimum atomic E-state index is -0.271. The van der Waals surface area contributed by atoms with Gasteiger partial charge < -0.3 is 15.3 Å². The number of anilines is 1. The number of nitrogens with zero attached hydrogens (tertiary/aromatic N) is 4. The van der Waals surface area contributed by atoms with E-state index in [0.29, 0.717) is 16.7 Å². The monoisotopic (exact) mass is 391 g/mol. The molecule has 1 amide bonds. The first-order valence-electron chi connectivity index (χ1n) is 9.17. The van der Waals surface area contributed by atoms with Gasteiger partial charge in [0.2, 0.25) is 5.91 Å². The highest BCUT2D eigenvalue weighted by Crippen LogP contribution is 2.20. The molecule has 1 atom stereocenters. The molecule has 4 aromatic rings. The summed E-state index contributed by atoms with van der Waals surface area (Å²) in [6.45, 7) is 2.28. The maximum absolute atomic E-state index is 12.5. The van der Waals surface area contributed by atoms with E-state index in [-0.39, 0.29) is 24.2 Å². The minimum Gasteiger partial charge on any atom is -0.325 e. The van der Waals surface area contributed by atoms with E-state index >= 15 is 0 Å². The normalized spacial score (nSPS) is 12.4. The highest BCUT2D eigenvalue weighted by atomic mass is 16.2. The SMILES string of the molecule is C[C@H](c1ccc(-n2cncn2)cc1)N(C)CC(=O)Nc1ccc2[nH]c(=O)[nH]c2c1. The van der Waals surface area contributed by atoms with Crippen LogP contribution in [-0.4, -0.2) is 49.1 Å². The Bertz CT molecular complexity index is 1180. The Hall–Kier alpha value is -3.72. The Labute approximate surface area is 166 Å². The summed E-state index contributed by atoms with van der Waals surface area (Å²) in [5.41, 5.74) is 3.74. The average Bonchev–Trinajstić information content (AvgIpc) is 3.36. The van der Waals surface area contributed by atoms with Gasteiger partial charge in [-0.2, -0.15) is 5.10 Å². The number of carbonyl (C=O) groups is 1. The van der Waals surface area contributed by atoms with Crippen molar-refractivity contribution in [1.82, 2.24) is 29.6 Å². The Kier molecular flexibility index (Phi) is 4.96. The number of aromatic amines is 2. The summed E-state index contributed by atoms with van der Waals surface area (Å²) in [4.78, 5) is 35.1. The van der Waals surface area contributed by atoms with Crippen LogP contribution in [0, 0.1) is 0 Å². The van der Waals surface area contributed by atoms with Crippen LogP contribution in [0.2, 0.25) is 0 Å². The fraction of sp³-hybridized carbons (Fsp3) is 0.200. The van der Waals surface area contributed by atoms with Crippen molar-refractivity contribution in [2.75, 3.05) is 18.9 Å². The standard InChI is InChI=1S/C20H21N7O2/c1-13(14-3-6-16(7-4-14)27-12-21-11-22-27)26(2)10-19(28)23-15-5-8-17-18(9-15)25-20(29)24-17/h3-9,11-13H,10H2,1-2H3,(H,23,28)(H2,24,25,29)/t13-/m1/s1. The van der Waals surface area contributed by atoms with E-state index in [1.165, 1.54) is 6.33 Å². The fourth-order valence-corrected chi connectivity index (χ4v) is 3.18. The Balaban J connectivity index is 1.38. The summed E-state index contributed by atoms with van der Waals surface area (Å²) >= 11 is 0. The third-order valence-corrected chi connectivity index (χ3v) is 4.91. The third-order valence-electron chi connectivity index (χ3n) is 4.91. The first kappa shape index (κ1) is 18.6. The van der Waals surface area contributed by atoms with E-state index in [1.807, 2.05) is 43.1 Å². The number of aromatic nitrogens is 5. The molecule has 0 fully saturated rings. The van der Waals surface area contributed by atoms with Crippen molar-refractivity contribution in [3.63, 3.8) is 0 Å². The second kappa shape index (κ2) is 7.72. The van der Waals surface area contributed by atoms with Crippen LogP contribution in [0.3, 0.4) is 0 Å². The van der Waals surface area contributed by atoms with Gasteiger partial charge in [0.25, 0.3) is 0 Å². The molecule has 0 saturated heterocycles. The third kappa shape index (κ3) is 4.09. The predicted octanol–water partition coefficient (Wildman–Crippen LogP) is 2.07. The zero-order chi connectivity index (χ0) is 20.4. The molecule has 0 aliphatic rings. The van der Waals surface area contributed by atoms with E-state index in [9.17, 15) is 9.59 Å². The number of fused-ring (bicyclic) bond motifs is 1. The first-order valence-corrected chi connectivity index (χ1v) is 9.17. The van der Waals surface area contributed by atoms with Gasteiger partial charge in [0.15, 0.2) is 0 Å². The van der Waals surface area contributed by atoms with Crippen LogP contribution in [0.25, 0.3) is 16.7 Å². The van der Waals surface area contributed by atoms with Gasteiger partial charge in [-0.15, -0.1) is 0 Å². The van der Waals surface area contributed by atoms with Crippen molar-refractivity contribution in [2.24, 2.45) is 0 Å². The molecular weight excluding hydrogens is 370 g/mol. The lowest BCUT2D eigenvalue weighted by Gasteiger charge is -2.24. The number of rotatable bonds is 6. The van der Waals surface area contributed by atoms with Crippen molar-refractivity contribution in [3.05, 3.63) is 71.2 Å². The Morgan fingerprint density at radius 2 is 1.93 bits per heavy atom. The number of H-pyrrole nitrogens is 2. The average molecular weight is 391 g/mol. The number of amides is 1. The molecule has 148 valence electrons. The smallest absolute Gasteiger partial charge is 0.323 e. The molecule has 2 heterocycles. The molecule has 2 aromatic carbocycles. The van der Waals surface area contributed by atoms with Gasteiger partial charge in [-0.25, -0.2) is 14.5 Å². The number of likely N-dealkylation sites (N-methyl/N-ethyl adjacent to an activating group) is 1. The Morgan fingerprint density at radius 3 is 2.66 bits per heavy atom. The van der Waals surface area contributed by atoms with Gasteiger partial charge in [0.05, 0.1) is 23.3 Å². The molecule has 0 aliphatic carbocycles. The summed E-state index contributed by atoms with van der Waals surface area (Å²) in [5, 5.41) is 6.99. The van der Waals surface area contributed by atoms with Gasteiger partial charge in [0.1, 0.15) is 12.7 Å². The number of nitrogens with one attached hydrogen (secondary N) is 3. The predicted molar refractivity (Wildman–Crippen MR) is 110 cm³/mol. The first-order chi connectivity index (χ1) is 14.0. The number of imidazole rings is 1. The molecule has 9 nitrogen and oxygen atoms in total. The summed E-state index contributed by atoms with van der Waals surface area (Å²) < 4.78 is 1.69. The summed E-state index contributed by atoms with van der Waals surface area (Å²) in [6.07, 6.45) is 3.14. The molecule has 2 aromatic heterocycles. The van der Waals surface area contributed by atoms with Crippen LogP contribution >= 0.6 is 0 Å². The highest BCUT2D eigenvalue weighted by molar-refractivity contribution is 5.94. The zero-order valence-corrected chi connectivity index (χ0v) is 16.1. The molecule has 0 unspecified atom stereocenters. The van der Waals surface area contributed by atoms with Gasteiger partial charge >= 0.3 is 5.69 Å². The quantitative estimate of drug-likeness (QED) is 0.466. The van der Waals surface area contributed by atoms with E-state index in [2.05, 4.69) is 25.4 Å². The maximum atomic E-state index is 12.5. The second-order valence-corrected chi connectivity index (χ2v) is 6.91. The van der Waals surface area contributed by atoms with Crippen LogP contribution in [0.15, 0.2) is 59.9 Å². The van der Waals surface area contributed by atoms with Crippen LogP contribution in [0.4, 0.5) is 5.69 Å². The summed E-state index contributed by atoms with van der Waals surface area (Å²) in [7, 11) is 1.91. The molecule has 3 N–H and O–H groups in total. The van der Waals surface area contributed by atoms with E-state index < -0.39 is 0 Å². The van der Waals surface area contributed by atoms with Crippen molar-refractivity contribution >= 4 is 22.6 Å². The minimum absolute atomic E-state index is 0.0501. The zero-order valence-electron chi connectivity index (χ0n) is 16.1. The van der Waals surface area contributed by atoms with Crippen molar-refractivity contribution < 1.29 is 4.79 Å². The Morgan fingerprint density at radius 1 is 1.17 bits per heavy atom. The van der Waals surface area contributed by atoms with Crippen molar-refractivity contribution in [2.45, 2.75) is 13.0 Å². The number of benzene rings is 2. The second-order valence-electron chi connectivity index (χ2n) is 6.91. The lowest BCUT2D eigenvalue weighted by atomic mass is 10.1. The van der Waals surface area contributed by atoms with Gasteiger partial charge in [-0.05, 0) is 49.9 Å². The van der Waals surface area contributed by atoms with E-state index in [0.717, 1.165) is 11.3 Å². The van der Waals surface area contributed by atoms with Gasteiger partial charge in [-0.1, -0.05) is 12.1 Å².